The van der Waals surface area contributed by atoms with E-state index in [0.717, 1.165) is 11.5 Å². The van der Waals surface area contributed by atoms with Gasteiger partial charge in [0.2, 0.25) is 5.91 Å². The maximum atomic E-state index is 10.4. The van der Waals surface area contributed by atoms with Crippen LogP contribution in [0.15, 0.2) is 48.5 Å². The third-order valence-electron chi connectivity index (χ3n) is 4.97. The Labute approximate surface area is 205 Å². The van der Waals surface area contributed by atoms with E-state index in [1.54, 1.807) is 38.5 Å². The van der Waals surface area contributed by atoms with E-state index in [4.69, 9.17) is 19.9 Å². The number of nitrogens with two attached hydrogens (primary N) is 1. The van der Waals surface area contributed by atoms with Crippen molar-refractivity contribution in [1.29, 1.82) is 0 Å². The summed E-state index contributed by atoms with van der Waals surface area (Å²) in [5.74, 6) is 2.06. The highest BCUT2D eigenvalue weighted by Gasteiger charge is 2.10. The summed E-state index contributed by atoms with van der Waals surface area (Å²) in [5, 5.41) is 0. The van der Waals surface area contributed by atoms with E-state index in [2.05, 4.69) is 42.7 Å². The van der Waals surface area contributed by atoms with E-state index < -0.39 is 0 Å². The number of carbonyl (C=O) groups is 1. The molecule has 1 amide bonds. The molecule has 2 N–H and O–H groups in total. The van der Waals surface area contributed by atoms with Crippen LogP contribution < -0.4 is 19.9 Å². The highest BCUT2D eigenvalue weighted by Crippen LogP contribution is 2.17. The van der Waals surface area contributed by atoms with Crippen LogP contribution >= 0.6 is 0 Å². The summed E-state index contributed by atoms with van der Waals surface area (Å²) in [7, 11) is 3.31. The van der Waals surface area contributed by atoms with E-state index in [-0.39, 0.29) is 12.3 Å². The number of primary amides is 1. The Balaban J connectivity index is 0.000000563. The standard InChI is InChI=1S/C14H21NO.C10H13NO3.2C2H2/c1-16-14-8-6-13(7-9-14)5-4-12-15-10-2-3-11-15;1-13-8-2-4-9(5-3-8)14-7-6-10(11)12;2*1-2/h6-9H,2-5,10-12H2,1H3;2-5H,6-7H2,1H3,(H2,11,12);2*1-2H. The highest BCUT2D eigenvalue weighted by molar-refractivity contribution is 5.73. The van der Waals surface area contributed by atoms with Crippen LogP contribution in [0.5, 0.6) is 17.2 Å². The lowest BCUT2D eigenvalue weighted by Crippen LogP contribution is -2.20. The molecule has 184 valence electrons. The van der Waals surface area contributed by atoms with E-state index >= 15 is 0 Å². The topological polar surface area (TPSA) is 74.0 Å². The summed E-state index contributed by atoms with van der Waals surface area (Å²) in [4.78, 5) is 13.0. The summed E-state index contributed by atoms with van der Waals surface area (Å²) in [6.45, 7) is 4.18. The van der Waals surface area contributed by atoms with Crippen molar-refractivity contribution in [3.8, 4) is 42.9 Å². The summed E-state index contributed by atoms with van der Waals surface area (Å²) < 4.78 is 15.4. The summed E-state index contributed by atoms with van der Waals surface area (Å²) in [5.41, 5.74) is 6.38. The molecule has 0 spiro atoms. The Hall–Kier alpha value is -3.61. The first-order valence-electron chi connectivity index (χ1n) is 11.2. The van der Waals surface area contributed by atoms with Crippen molar-refractivity contribution >= 4 is 5.91 Å². The molecule has 2 aromatic carbocycles. The van der Waals surface area contributed by atoms with Gasteiger partial charge in [-0.1, -0.05) is 12.1 Å². The quantitative estimate of drug-likeness (QED) is 0.532. The lowest BCUT2D eigenvalue weighted by atomic mass is 10.1. The van der Waals surface area contributed by atoms with Crippen molar-refractivity contribution in [2.45, 2.75) is 32.1 Å². The number of terminal acetylenes is 2. The van der Waals surface area contributed by atoms with Gasteiger partial charge in [0.05, 0.1) is 27.2 Å². The molecule has 3 rings (SSSR count). The number of ether oxygens (including phenoxy) is 3. The van der Waals surface area contributed by atoms with E-state index in [1.807, 2.05) is 12.1 Å². The fourth-order valence-electron chi connectivity index (χ4n) is 3.25. The van der Waals surface area contributed by atoms with Crippen LogP contribution in [0, 0.1) is 25.7 Å². The molecule has 0 saturated carbocycles. The van der Waals surface area contributed by atoms with Crippen LogP contribution in [-0.2, 0) is 11.2 Å². The predicted octanol–water partition coefficient (Wildman–Crippen LogP) is 4.17. The number of aryl methyl sites for hydroxylation is 1. The molecule has 6 nitrogen and oxygen atoms in total. The molecule has 0 unspecified atom stereocenters. The Bertz CT molecular complexity index is 802. The molecule has 1 heterocycles. The smallest absolute Gasteiger partial charge is 0.220 e. The molecule has 0 aromatic heterocycles. The third kappa shape index (κ3) is 13.7. The minimum absolute atomic E-state index is 0.228. The molecule has 1 saturated heterocycles. The minimum Gasteiger partial charge on any atom is -0.497 e. The first-order valence-corrected chi connectivity index (χ1v) is 11.2. The summed E-state index contributed by atoms with van der Waals surface area (Å²) in [6.07, 6.45) is 21.5. The van der Waals surface area contributed by atoms with Crippen molar-refractivity contribution in [2.24, 2.45) is 5.73 Å². The van der Waals surface area contributed by atoms with Gasteiger partial charge in [-0.25, -0.2) is 0 Å². The second-order valence-corrected chi connectivity index (χ2v) is 7.24. The highest BCUT2D eigenvalue weighted by atomic mass is 16.5. The van der Waals surface area contributed by atoms with Gasteiger partial charge >= 0.3 is 0 Å². The van der Waals surface area contributed by atoms with Gasteiger partial charge in [0.25, 0.3) is 0 Å². The Morgan fingerprint density at radius 2 is 1.32 bits per heavy atom. The fraction of sp³-hybridized carbons (Fsp3) is 0.393. The average molecular weight is 467 g/mol. The van der Waals surface area contributed by atoms with Crippen LogP contribution in [0.2, 0.25) is 0 Å². The number of carbonyl (C=O) groups excluding carboxylic acids is 1. The lowest BCUT2D eigenvalue weighted by molar-refractivity contribution is -0.118. The lowest BCUT2D eigenvalue weighted by Gasteiger charge is -2.13. The van der Waals surface area contributed by atoms with Crippen LogP contribution in [0.4, 0.5) is 0 Å². The molecule has 6 heteroatoms. The molecule has 0 radical (unpaired) electrons. The van der Waals surface area contributed by atoms with Crippen molar-refractivity contribution in [3.63, 3.8) is 0 Å². The molecule has 2 aromatic rings. The van der Waals surface area contributed by atoms with Crippen molar-refractivity contribution < 1.29 is 19.0 Å². The second-order valence-electron chi connectivity index (χ2n) is 7.24. The van der Waals surface area contributed by atoms with Crippen LogP contribution in [0.3, 0.4) is 0 Å². The fourth-order valence-corrected chi connectivity index (χ4v) is 3.25. The molecule has 1 aliphatic heterocycles. The van der Waals surface area contributed by atoms with Gasteiger partial charge in [-0.2, -0.15) is 0 Å². The van der Waals surface area contributed by atoms with Crippen molar-refractivity contribution in [2.75, 3.05) is 40.5 Å². The van der Waals surface area contributed by atoms with Crippen LogP contribution in [0.1, 0.15) is 31.2 Å². The van der Waals surface area contributed by atoms with E-state index in [9.17, 15) is 4.79 Å². The van der Waals surface area contributed by atoms with Gasteiger partial charge in [0.15, 0.2) is 0 Å². The van der Waals surface area contributed by atoms with Gasteiger partial charge in [-0.3, -0.25) is 4.79 Å². The van der Waals surface area contributed by atoms with Crippen LogP contribution in [-0.4, -0.2) is 51.3 Å². The first kappa shape index (κ1) is 30.4. The minimum atomic E-state index is -0.362. The number of amides is 1. The largest absolute Gasteiger partial charge is 0.497 e. The Kier molecular flexibility index (Phi) is 17.9. The normalized spacial score (nSPS) is 11.8. The molecule has 1 fully saturated rings. The molecular formula is C28H38N2O4. The zero-order chi connectivity index (χ0) is 25.6. The SMILES string of the molecule is C#C.C#C.COc1ccc(CCCN2CCCC2)cc1.COc1ccc(OCCC(N)=O)cc1. The van der Waals surface area contributed by atoms with E-state index in [0.29, 0.717) is 12.4 Å². The molecule has 0 bridgehead atoms. The van der Waals surface area contributed by atoms with Crippen LogP contribution in [0.25, 0.3) is 0 Å². The van der Waals surface area contributed by atoms with E-state index in [1.165, 1.54) is 50.9 Å². The maximum Gasteiger partial charge on any atom is 0.220 e. The molecule has 0 aliphatic carbocycles. The molecule has 34 heavy (non-hydrogen) atoms. The number of rotatable bonds is 10. The Morgan fingerprint density at radius 1 is 0.853 bits per heavy atom. The average Bonchev–Trinajstić information content (AvgIpc) is 3.41. The maximum absolute atomic E-state index is 10.4. The summed E-state index contributed by atoms with van der Waals surface area (Å²) in [6, 6.07) is 15.6. The van der Waals surface area contributed by atoms with Gasteiger partial charge < -0.3 is 24.8 Å². The Morgan fingerprint density at radius 3 is 1.79 bits per heavy atom. The zero-order valence-electron chi connectivity index (χ0n) is 20.4. The monoisotopic (exact) mass is 466 g/mol. The number of hydrogen-bond acceptors (Lipinski definition) is 5. The second kappa shape index (κ2) is 20.0. The van der Waals surface area contributed by atoms with Crippen molar-refractivity contribution in [1.82, 2.24) is 4.90 Å². The number of nitrogens with zero attached hydrogens (tertiary/aromatic N) is 1. The number of methoxy groups -OCH3 is 2. The number of likely N-dealkylation sites (tertiary alicyclic amines) is 1. The number of hydrogen-bond donors (Lipinski definition) is 1. The van der Waals surface area contributed by atoms with Gasteiger partial charge in [-0.05, 0) is 87.3 Å². The molecule has 1 aliphatic rings. The predicted molar refractivity (Wildman–Crippen MR) is 139 cm³/mol. The third-order valence-corrected chi connectivity index (χ3v) is 4.97. The zero-order valence-corrected chi connectivity index (χ0v) is 20.4. The number of benzene rings is 2. The van der Waals surface area contributed by atoms with Gasteiger partial charge in [0, 0.05) is 0 Å². The van der Waals surface area contributed by atoms with Gasteiger partial charge in [0.1, 0.15) is 17.2 Å². The van der Waals surface area contributed by atoms with Crippen molar-refractivity contribution in [3.05, 3.63) is 54.1 Å². The van der Waals surface area contributed by atoms with Gasteiger partial charge in [-0.15, -0.1) is 25.7 Å². The molecule has 0 atom stereocenters. The summed E-state index contributed by atoms with van der Waals surface area (Å²) >= 11 is 0. The first-order chi connectivity index (χ1) is 16.6. The molecular weight excluding hydrogens is 428 g/mol.